The van der Waals surface area contributed by atoms with E-state index >= 15 is 0 Å². The molecule has 0 aliphatic carbocycles. The zero-order valence-corrected chi connectivity index (χ0v) is 20.2. The third-order valence-corrected chi connectivity index (χ3v) is 5.50. The second kappa shape index (κ2) is 11.5. The highest BCUT2D eigenvalue weighted by molar-refractivity contribution is 14.0. The third-order valence-electron chi connectivity index (χ3n) is 4.56. The van der Waals surface area contributed by atoms with Crippen LogP contribution in [0.1, 0.15) is 16.5 Å². The topological polar surface area (TPSA) is 75.0 Å². The van der Waals surface area contributed by atoms with Crippen molar-refractivity contribution < 1.29 is 9.53 Å². The van der Waals surface area contributed by atoms with E-state index in [9.17, 15) is 4.79 Å². The number of aliphatic imine (C=N–C) groups is 1. The zero-order valence-electron chi connectivity index (χ0n) is 17.1. The Morgan fingerprint density at radius 3 is 2.97 bits per heavy atom. The van der Waals surface area contributed by atoms with E-state index in [2.05, 4.69) is 37.8 Å². The standard InChI is InChI=1S/C19H28N6O2S.HI/c1-23(2)18(26)12-21-19(20-7-6-16-5-4-10-28-16)25-8-9-27-17(14-25)15-11-22-24(3)13-15;/h4-5,10-11,13,17H,6-9,12,14H2,1-3H3,(H,20,21);1H. The summed E-state index contributed by atoms with van der Waals surface area (Å²) in [6.45, 7) is 2.91. The summed E-state index contributed by atoms with van der Waals surface area (Å²) in [7, 11) is 5.39. The number of halogens is 1. The maximum atomic E-state index is 12.0. The molecule has 3 heterocycles. The lowest BCUT2D eigenvalue weighted by Gasteiger charge is -2.35. The molecule has 0 saturated carbocycles. The van der Waals surface area contributed by atoms with Gasteiger partial charge in [-0.15, -0.1) is 35.3 Å². The molecule has 2 aromatic heterocycles. The molecule has 3 rings (SSSR count). The van der Waals surface area contributed by atoms with Gasteiger partial charge in [-0.1, -0.05) is 6.07 Å². The molecular weight excluding hydrogens is 503 g/mol. The summed E-state index contributed by atoms with van der Waals surface area (Å²) in [4.78, 5) is 21.7. The van der Waals surface area contributed by atoms with Crippen molar-refractivity contribution in [2.75, 3.05) is 46.9 Å². The first kappa shape index (κ1) is 23.6. The summed E-state index contributed by atoms with van der Waals surface area (Å²) >= 11 is 1.75. The van der Waals surface area contributed by atoms with Crippen LogP contribution in [0.25, 0.3) is 0 Å². The molecule has 10 heteroatoms. The Balaban J connectivity index is 0.00000300. The average Bonchev–Trinajstić information content (AvgIpc) is 3.36. The van der Waals surface area contributed by atoms with Gasteiger partial charge in [0.25, 0.3) is 0 Å². The number of likely N-dealkylation sites (N-methyl/N-ethyl adjacent to an activating group) is 1. The summed E-state index contributed by atoms with van der Waals surface area (Å²) in [5.74, 6) is 0.735. The normalized spacial score (nSPS) is 17.0. The average molecular weight is 532 g/mol. The van der Waals surface area contributed by atoms with Crippen LogP contribution in [-0.4, -0.2) is 78.3 Å². The molecule has 1 saturated heterocycles. The summed E-state index contributed by atoms with van der Waals surface area (Å²) < 4.78 is 7.71. The highest BCUT2D eigenvalue weighted by atomic mass is 127. The zero-order chi connectivity index (χ0) is 19.9. The predicted molar refractivity (Wildman–Crippen MR) is 126 cm³/mol. The number of morpholine rings is 1. The van der Waals surface area contributed by atoms with E-state index in [0.717, 1.165) is 31.0 Å². The molecule has 0 radical (unpaired) electrons. The molecular formula is C19H29IN6O2S. The molecule has 8 nitrogen and oxygen atoms in total. The maximum Gasteiger partial charge on any atom is 0.243 e. The van der Waals surface area contributed by atoms with E-state index in [0.29, 0.717) is 13.2 Å². The van der Waals surface area contributed by atoms with Crippen molar-refractivity contribution in [2.24, 2.45) is 12.0 Å². The molecule has 29 heavy (non-hydrogen) atoms. The number of rotatable bonds is 6. The number of nitrogens with one attached hydrogen (secondary N) is 1. The second-order valence-electron chi connectivity index (χ2n) is 6.94. The first-order valence-corrected chi connectivity index (χ1v) is 10.3. The van der Waals surface area contributed by atoms with Crippen LogP contribution < -0.4 is 5.32 Å². The molecule has 0 bridgehead atoms. The highest BCUT2D eigenvalue weighted by Crippen LogP contribution is 2.21. The van der Waals surface area contributed by atoms with Gasteiger partial charge in [-0.3, -0.25) is 9.48 Å². The molecule has 1 unspecified atom stereocenters. The van der Waals surface area contributed by atoms with Crippen molar-refractivity contribution in [3.63, 3.8) is 0 Å². The Morgan fingerprint density at radius 2 is 2.31 bits per heavy atom. The number of aryl methyl sites for hydroxylation is 1. The Hall–Kier alpha value is -1.66. The molecule has 1 fully saturated rings. The van der Waals surface area contributed by atoms with Gasteiger partial charge in [-0.05, 0) is 17.9 Å². The molecule has 1 aliphatic heterocycles. The largest absolute Gasteiger partial charge is 0.370 e. The number of thiophene rings is 1. The van der Waals surface area contributed by atoms with Gasteiger partial charge in [0, 0.05) is 50.9 Å². The molecule has 160 valence electrons. The lowest BCUT2D eigenvalue weighted by atomic mass is 10.1. The fourth-order valence-electron chi connectivity index (χ4n) is 2.95. The van der Waals surface area contributed by atoms with Crippen LogP contribution in [0.3, 0.4) is 0 Å². The monoisotopic (exact) mass is 532 g/mol. The quantitative estimate of drug-likeness (QED) is 0.349. The smallest absolute Gasteiger partial charge is 0.243 e. The lowest BCUT2D eigenvalue weighted by molar-refractivity contribution is -0.127. The van der Waals surface area contributed by atoms with E-state index in [4.69, 9.17) is 4.74 Å². The number of ether oxygens (including phenoxy) is 1. The Kier molecular flexibility index (Phi) is 9.37. The summed E-state index contributed by atoms with van der Waals surface area (Å²) in [5, 5.41) is 9.76. The van der Waals surface area contributed by atoms with Gasteiger partial charge >= 0.3 is 0 Å². The number of carbonyl (C=O) groups excluding carboxylic acids is 1. The number of aromatic nitrogens is 2. The molecule has 1 amide bonds. The molecule has 1 aliphatic rings. The predicted octanol–water partition coefficient (Wildman–Crippen LogP) is 1.75. The number of carbonyl (C=O) groups is 1. The van der Waals surface area contributed by atoms with Crippen molar-refractivity contribution in [3.05, 3.63) is 40.3 Å². The molecule has 0 spiro atoms. The van der Waals surface area contributed by atoms with Crippen molar-refractivity contribution in [1.82, 2.24) is 24.9 Å². The third kappa shape index (κ3) is 6.96. The minimum atomic E-state index is -0.0590. The van der Waals surface area contributed by atoms with E-state index in [1.54, 1.807) is 35.0 Å². The number of nitrogens with zero attached hydrogens (tertiary/aromatic N) is 5. The van der Waals surface area contributed by atoms with E-state index in [1.165, 1.54) is 4.88 Å². The lowest BCUT2D eigenvalue weighted by Crippen LogP contribution is -2.49. The van der Waals surface area contributed by atoms with Gasteiger partial charge in [0.15, 0.2) is 5.96 Å². The molecule has 0 aromatic carbocycles. The van der Waals surface area contributed by atoms with Gasteiger partial charge in [0.1, 0.15) is 12.6 Å². The van der Waals surface area contributed by atoms with E-state index < -0.39 is 0 Å². The van der Waals surface area contributed by atoms with Gasteiger partial charge in [-0.25, -0.2) is 4.99 Å². The summed E-state index contributed by atoms with van der Waals surface area (Å²) in [6, 6.07) is 4.19. The van der Waals surface area contributed by atoms with Crippen LogP contribution in [-0.2, 0) is 23.0 Å². The van der Waals surface area contributed by atoms with Crippen LogP contribution >= 0.6 is 35.3 Å². The number of hydrogen-bond acceptors (Lipinski definition) is 5. The minimum Gasteiger partial charge on any atom is -0.370 e. The van der Waals surface area contributed by atoms with Crippen molar-refractivity contribution >= 4 is 47.2 Å². The van der Waals surface area contributed by atoms with E-state index in [1.807, 2.05) is 19.4 Å². The van der Waals surface area contributed by atoms with Crippen LogP contribution in [0.4, 0.5) is 0 Å². The fraction of sp³-hybridized carbons (Fsp3) is 0.526. The van der Waals surface area contributed by atoms with Crippen molar-refractivity contribution in [1.29, 1.82) is 0 Å². The van der Waals surface area contributed by atoms with Crippen LogP contribution in [0.5, 0.6) is 0 Å². The second-order valence-corrected chi connectivity index (χ2v) is 7.97. The van der Waals surface area contributed by atoms with Crippen LogP contribution in [0, 0.1) is 0 Å². The highest BCUT2D eigenvalue weighted by Gasteiger charge is 2.25. The first-order valence-electron chi connectivity index (χ1n) is 9.39. The molecule has 1 atom stereocenters. The van der Waals surface area contributed by atoms with Gasteiger partial charge in [0.05, 0.1) is 19.3 Å². The van der Waals surface area contributed by atoms with E-state index in [-0.39, 0.29) is 42.5 Å². The van der Waals surface area contributed by atoms with Crippen LogP contribution in [0.15, 0.2) is 34.9 Å². The maximum absolute atomic E-state index is 12.0. The minimum absolute atomic E-state index is 0. The van der Waals surface area contributed by atoms with Gasteiger partial charge in [-0.2, -0.15) is 5.10 Å². The first-order chi connectivity index (χ1) is 13.5. The Bertz CT molecular complexity index is 792. The Labute approximate surface area is 192 Å². The number of guanidine groups is 1. The molecule has 1 N–H and O–H groups in total. The van der Waals surface area contributed by atoms with Crippen LogP contribution in [0.2, 0.25) is 0 Å². The molecule has 2 aromatic rings. The van der Waals surface area contributed by atoms with Gasteiger partial charge in [0.2, 0.25) is 5.91 Å². The van der Waals surface area contributed by atoms with Crippen molar-refractivity contribution in [2.45, 2.75) is 12.5 Å². The summed E-state index contributed by atoms with van der Waals surface area (Å²) in [5.41, 5.74) is 1.05. The number of amides is 1. The fourth-order valence-corrected chi connectivity index (χ4v) is 3.66. The number of hydrogen-bond donors (Lipinski definition) is 1. The van der Waals surface area contributed by atoms with Gasteiger partial charge < -0.3 is 19.9 Å². The van der Waals surface area contributed by atoms with Crippen molar-refractivity contribution in [3.8, 4) is 0 Å². The summed E-state index contributed by atoms with van der Waals surface area (Å²) in [6.07, 6.45) is 4.68. The Morgan fingerprint density at radius 1 is 1.48 bits per heavy atom. The SMILES string of the molecule is CN(C)C(=O)CN=C(NCCc1cccs1)N1CCOC(c2cnn(C)c2)C1.I.